The molecule has 5 rings (SSSR count). The second-order valence-corrected chi connectivity index (χ2v) is 8.32. The number of aliphatic hydroxyl groups is 3. The summed E-state index contributed by atoms with van der Waals surface area (Å²) < 4.78 is 5.78. The Morgan fingerprint density at radius 3 is 2.65 bits per heavy atom. The summed E-state index contributed by atoms with van der Waals surface area (Å²) in [4.78, 5) is 26.3. The highest BCUT2D eigenvalue weighted by Gasteiger charge is 2.93. The van der Waals surface area contributed by atoms with Gasteiger partial charge in [0.05, 0.1) is 0 Å². The number of fused-ring (bicyclic) bond motifs is 2. The van der Waals surface area contributed by atoms with Crippen LogP contribution in [0.15, 0.2) is 18.2 Å². The quantitative estimate of drug-likeness (QED) is 0.493. The first kappa shape index (κ1) is 16.4. The van der Waals surface area contributed by atoms with E-state index in [4.69, 9.17) is 4.74 Å². The molecule has 7 heteroatoms. The summed E-state index contributed by atoms with van der Waals surface area (Å²) in [6.45, 7) is 1.81. The van der Waals surface area contributed by atoms with Crippen LogP contribution in [0.1, 0.15) is 54.6 Å². The van der Waals surface area contributed by atoms with Gasteiger partial charge in [0.25, 0.3) is 0 Å². The van der Waals surface area contributed by atoms with Gasteiger partial charge in [0, 0.05) is 17.5 Å². The maximum Gasteiger partial charge on any atom is 0.202 e. The molecule has 0 radical (unpaired) electrons. The van der Waals surface area contributed by atoms with E-state index in [0.717, 1.165) is 0 Å². The summed E-state index contributed by atoms with van der Waals surface area (Å²) in [5.74, 6) is -1.67. The average Bonchev–Trinajstić information content (AvgIpc) is 3.29. The maximum absolute atomic E-state index is 13.4. The molecule has 3 fully saturated rings. The number of Topliss-reactive ketones (excluding diaryl/α,β-unsaturated/α-hetero) is 2. The Bertz CT molecular complexity index is 881. The van der Waals surface area contributed by atoms with Gasteiger partial charge < -0.3 is 25.2 Å². The highest BCUT2D eigenvalue weighted by atomic mass is 16.7. The van der Waals surface area contributed by atoms with Crippen LogP contribution < -0.4 is 0 Å². The molecule has 2 saturated carbocycles. The number of hydrogen-bond donors (Lipinski definition) is 4. The number of carbonyl (C=O) groups is 2. The van der Waals surface area contributed by atoms with E-state index < -0.39 is 40.1 Å². The SMILES string of the molecule is CC1CC(=O)C2(O)C(O)(CCC34O[C@@]32C(=O)c2cccc(O)c2C4O)C1. The maximum atomic E-state index is 13.4. The third-order valence-electron chi connectivity index (χ3n) is 6.97. The van der Waals surface area contributed by atoms with Crippen LogP contribution in [0.4, 0.5) is 0 Å². The molecule has 5 unspecified atom stereocenters. The van der Waals surface area contributed by atoms with Crippen molar-refractivity contribution in [1.82, 2.24) is 0 Å². The first-order chi connectivity index (χ1) is 12.1. The molecule has 6 atom stereocenters. The number of ketones is 2. The van der Waals surface area contributed by atoms with E-state index in [0.29, 0.717) is 0 Å². The third-order valence-corrected chi connectivity index (χ3v) is 6.97. The van der Waals surface area contributed by atoms with Crippen molar-refractivity contribution in [2.75, 3.05) is 0 Å². The van der Waals surface area contributed by atoms with Crippen LogP contribution in [0.2, 0.25) is 0 Å². The van der Waals surface area contributed by atoms with E-state index in [1.807, 2.05) is 6.92 Å². The largest absolute Gasteiger partial charge is 0.508 e. The van der Waals surface area contributed by atoms with Crippen LogP contribution in [0, 0.1) is 5.92 Å². The van der Waals surface area contributed by atoms with Crippen molar-refractivity contribution in [3.63, 3.8) is 0 Å². The zero-order valence-electron chi connectivity index (χ0n) is 14.2. The number of carbonyl (C=O) groups excluding carboxylic acids is 2. The summed E-state index contributed by atoms with van der Waals surface area (Å²) in [6, 6.07) is 4.24. The van der Waals surface area contributed by atoms with Gasteiger partial charge in [-0.05, 0) is 31.2 Å². The van der Waals surface area contributed by atoms with Crippen LogP contribution in [-0.4, -0.2) is 54.4 Å². The monoisotopic (exact) mass is 360 g/mol. The van der Waals surface area contributed by atoms with E-state index in [2.05, 4.69) is 0 Å². The Morgan fingerprint density at radius 2 is 1.92 bits per heavy atom. The van der Waals surface area contributed by atoms with Crippen molar-refractivity contribution in [1.29, 1.82) is 0 Å². The molecule has 4 N–H and O–H groups in total. The number of aromatic hydroxyl groups is 1. The predicted octanol–water partition coefficient (Wildman–Crippen LogP) is 0.385. The Morgan fingerprint density at radius 1 is 1.19 bits per heavy atom. The molecule has 3 aliphatic carbocycles. The predicted molar refractivity (Wildman–Crippen MR) is 86.5 cm³/mol. The van der Waals surface area contributed by atoms with Crippen LogP contribution in [0.25, 0.3) is 0 Å². The van der Waals surface area contributed by atoms with Crippen molar-refractivity contribution in [3.8, 4) is 5.75 Å². The van der Waals surface area contributed by atoms with Crippen LogP contribution in [0.3, 0.4) is 0 Å². The van der Waals surface area contributed by atoms with Crippen molar-refractivity contribution < 1.29 is 34.8 Å². The van der Waals surface area contributed by atoms with Gasteiger partial charge in [-0.1, -0.05) is 19.1 Å². The molecule has 0 spiro atoms. The lowest BCUT2D eigenvalue weighted by Gasteiger charge is -2.54. The first-order valence-electron chi connectivity index (χ1n) is 8.87. The van der Waals surface area contributed by atoms with E-state index >= 15 is 0 Å². The first-order valence-corrected chi connectivity index (χ1v) is 8.87. The molecular formula is C19H20O7. The van der Waals surface area contributed by atoms with Crippen LogP contribution in [0.5, 0.6) is 5.75 Å². The van der Waals surface area contributed by atoms with Crippen LogP contribution in [-0.2, 0) is 9.53 Å². The molecule has 1 aliphatic heterocycles. The van der Waals surface area contributed by atoms with Gasteiger partial charge in [-0.2, -0.15) is 0 Å². The fraction of sp³-hybridized carbons (Fsp3) is 0.579. The minimum atomic E-state index is -2.41. The second-order valence-electron chi connectivity index (χ2n) is 8.32. The smallest absolute Gasteiger partial charge is 0.202 e. The topological polar surface area (TPSA) is 128 Å². The molecule has 138 valence electrons. The van der Waals surface area contributed by atoms with E-state index in [1.54, 1.807) is 0 Å². The molecule has 1 aromatic carbocycles. The molecule has 1 saturated heterocycles. The van der Waals surface area contributed by atoms with Gasteiger partial charge >= 0.3 is 0 Å². The average molecular weight is 360 g/mol. The number of epoxide rings is 1. The number of hydrogen-bond acceptors (Lipinski definition) is 7. The van der Waals surface area contributed by atoms with Crippen molar-refractivity contribution >= 4 is 11.6 Å². The van der Waals surface area contributed by atoms with Crippen LogP contribution >= 0.6 is 0 Å². The highest BCUT2D eigenvalue weighted by molar-refractivity contribution is 6.14. The molecule has 7 nitrogen and oxygen atoms in total. The van der Waals surface area contributed by atoms with Gasteiger partial charge in [0.1, 0.15) is 23.1 Å². The van der Waals surface area contributed by atoms with Crippen molar-refractivity contribution in [2.24, 2.45) is 5.92 Å². The lowest BCUT2D eigenvalue weighted by atomic mass is 9.50. The fourth-order valence-corrected chi connectivity index (χ4v) is 5.82. The standard InChI is InChI=1S/C19H20O7/c1-9-7-12(21)18(25)16(24,8-9)5-6-17-15(23)13-10(3-2-4-11(13)20)14(22)19(17,18)26-17/h2-4,9,15,20,23-25H,5-8H2,1H3/t9?,15?,16?,17?,18?,19-/m0/s1. The Balaban J connectivity index is 1.78. The van der Waals surface area contributed by atoms with E-state index in [1.165, 1.54) is 18.2 Å². The van der Waals surface area contributed by atoms with Crippen molar-refractivity contribution in [2.45, 2.75) is 61.1 Å². The molecule has 1 aromatic rings. The Labute approximate surface area is 149 Å². The minimum Gasteiger partial charge on any atom is -0.508 e. The zero-order chi connectivity index (χ0) is 18.7. The number of phenols is 1. The summed E-state index contributed by atoms with van der Waals surface area (Å²) in [5, 5.41) is 43.8. The number of rotatable bonds is 0. The zero-order valence-corrected chi connectivity index (χ0v) is 14.2. The van der Waals surface area contributed by atoms with Crippen molar-refractivity contribution in [3.05, 3.63) is 29.3 Å². The lowest BCUT2D eigenvalue weighted by Crippen LogP contribution is -2.77. The van der Waals surface area contributed by atoms with Gasteiger partial charge in [-0.25, -0.2) is 0 Å². The molecule has 1 heterocycles. The summed E-state index contributed by atoms with van der Waals surface area (Å²) in [7, 11) is 0. The molecule has 4 aliphatic rings. The van der Waals surface area contributed by atoms with Gasteiger partial charge in [0.15, 0.2) is 11.4 Å². The lowest BCUT2D eigenvalue weighted by molar-refractivity contribution is -0.214. The summed E-state index contributed by atoms with van der Waals surface area (Å²) >= 11 is 0. The van der Waals surface area contributed by atoms with Gasteiger partial charge in [-0.3, -0.25) is 9.59 Å². The molecule has 0 bridgehead atoms. The number of phenolic OH excluding ortho intramolecular Hbond substituents is 1. The van der Waals surface area contributed by atoms with E-state index in [9.17, 15) is 30.0 Å². The fourth-order valence-electron chi connectivity index (χ4n) is 5.82. The highest BCUT2D eigenvalue weighted by Crippen LogP contribution is 2.73. The second kappa shape index (κ2) is 4.36. The number of benzene rings is 1. The Kier molecular flexibility index (Phi) is 2.75. The minimum absolute atomic E-state index is 0.00900. The Hall–Kier alpha value is -1.80. The summed E-state index contributed by atoms with van der Waals surface area (Å²) in [5.41, 5.74) is -7.65. The molecule has 0 amide bonds. The third kappa shape index (κ3) is 1.37. The number of ether oxygens (including phenoxy) is 1. The van der Waals surface area contributed by atoms with Gasteiger partial charge in [-0.15, -0.1) is 0 Å². The number of aliphatic hydroxyl groups excluding tert-OH is 1. The molecular weight excluding hydrogens is 340 g/mol. The molecule has 26 heavy (non-hydrogen) atoms. The summed E-state index contributed by atoms with van der Waals surface area (Å²) in [6.07, 6.45) is -1.05. The van der Waals surface area contributed by atoms with E-state index in [-0.39, 0.29) is 48.5 Å². The van der Waals surface area contributed by atoms with Gasteiger partial charge in [0.2, 0.25) is 11.4 Å². The molecule has 0 aromatic heterocycles. The normalized spacial score (nSPS) is 48.9.